The zero-order chi connectivity index (χ0) is 22.4. The van der Waals surface area contributed by atoms with Gasteiger partial charge in [0.1, 0.15) is 5.82 Å². The van der Waals surface area contributed by atoms with E-state index in [1.807, 2.05) is 0 Å². The number of rotatable bonds is 4. The number of ketones is 1. The Morgan fingerprint density at radius 3 is 2.39 bits per heavy atom. The molecule has 1 atom stereocenters. The number of amides is 1. The van der Waals surface area contributed by atoms with Crippen LogP contribution in [0.5, 0.6) is 0 Å². The zero-order valence-electron chi connectivity index (χ0n) is 16.3. The molecule has 1 amide bonds. The predicted molar refractivity (Wildman–Crippen MR) is 119 cm³/mol. The lowest BCUT2D eigenvalue weighted by molar-refractivity contribution is -0.117. The number of hydrogen-bond donors (Lipinski definition) is 1. The molecule has 5 nitrogen and oxygen atoms in total. The van der Waals surface area contributed by atoms with Crippen molar-refractivity contribution in [3.8, 4) is 0 Å². The van der Waals surface area contributed by atoms with E-state index in [1.165, 1.54) is 36.4 Å². The highest BCUT2D eigenvalue weighted by molar-refractivity contribution is 7.14. The number of aliphatic hydroxyl groups is 1. The summed E-state index contributed by atoms with van der Waals surface area (Å²) in [5, 5.41) is 11.9. The second-order valence-corrected chi connectivity index (χ2v) is 9.04. The molecule has 0 radical (unpaired) electrons. The van der Waals surface area contributed by atoms with Gasteiger partial charge in [-0.1, -0.05) is 41.4 Å². The third kappa shape index (κ3) is 3.73. The summed E-state index contributed by atoms with van der Waals surface area (Å²) in [6, 6.07) is 8.96. The molecule has 0 spiro atoms. The van der Waals surface area contributed by atoms with Gasteiger partial charge in [-0.2, -0.15) is 0 Å². The number of aryl methyl sites for hydroxylation is 2. The molecule has 3 aromatic rings. The van der Waals surface area contributed by atoms with Crippen LogP contribution < -0.4 is 4.90 Å². The van der Waals surface area contributed by atoms with Gasteiger partial charge in [-0.05, 0) is 38.1 Å². The van der Waals surface area contributed by atoms with Crippen LogP contribution in [0.25, 0.3) is 0 Å². The maximum Gasteiger partial charge on any atom is 0.294 e. The number of halogens is 3. The SMILES string of the molecule is Cc1nc(C)c(C(=O)C2=C(O)C(=O)N(c3cc(Cl)cc(Cl)c3)C2c2ccccc2F)s1. The molecule has 158 valence electrons. The Morgan fingerprint density at radius 1 is 1.16 bits per heavy atom. The van der Waals surface area contributed by atoms with Crippen LogP contribution in [-0.2, 0) is 4.79 Å². The molecule has 0 bridgehead atoms. The van der Waals surface area contributed by atoms with Crippen molar-refractivity contribution in [3.63, 3.8) is 0 Å². The molecule has 0 saturated carbocycles. The minimum Gasteiger partial charge on any atom is -0.503 e. The third-order valence-electron chi connectivity index (χ3n) is 4.89. The summed E-state index contributed by atoms with van der Waals surface area (Å²) in [4.78, 5) is 32.2. The number of aliphatic hydroxyl groups excluding tert-OH is 1. The first kappa shape index (κ1) is 21.5. The average molecular weight is 477 g/mol. The molecule has 1 aromatic heterocycles. The van der Waals surface area contributed by atoms with Crippen LogP contribution in [0.3, 0.4) is 0 Å². The molecular weight excluding hydrogens is 462 g/mol. The third-order valence-corrected chi connectivity index (χ3v) is 6.40. The first-order valence-corrected chi connectivity index (χ1v) is 10.7. The van der Waals surface area contributed by atoms with Crippen molar-refractivity contribution >= 4 is 51.9 Å². The molecule has 1 N–H and O–H groups in total. The second-order valence-electron chi connectivity index (χ2n) is 6.97. The standard InChI is InChI=1S/C22H15Cl2FN2O3S/c1-10-21(31-11(2)26-10)19(28)17-18(15-5-3-4-6-16(15)25)27(22(30)20(17)29)14-8-12(23)7-13(24)9-14/h3-9,18,29H,1-2H3. The lowest BCUT2D eigenvalue weighted by Crippen LogP contribution is -2.31. The van der Waals surface area contributed by atoms with Crippen LogP contribution in [-0.4, -0.2) is 21.8 Å². The van der Waals surface area contributed by atoms with E-state index >= 15 is 0 Å². The lowest BCUT2D eigenvalue weighted by Gasteiger charge is -2.27. The Kier molecular flexibility index (Phi) is 5.60. The fraction of sp³-hybridized carbons (Fsp3) is 0.136. The molecule has 4 rings (SSSR count). The monoisotopic (exact) mass is 476 g/mol. The van der Waals surface area contributed by atoms with Crippen molar-refractivity contribution in [3.05, 3.63) is 90.8 Å². The first-order chi connectivity index (χ1) is 14.7. The smallest absolute Gasteiger partial charge is 0.294 e. The Hall–Kier alpha value is -2.74. The van der Waals surface area contributed by atoms with E-state index in [1.54, 1.807) is 19.9 Å². The summed E-state index contributed by atoms with van der Waals surface area (Å²) in [5.74, 6) is -2.82. The van der Waals surface area contributed by atoms with Gasteiger partial charge in [0, 0.05) is 21.3 Å². The maximum atomic E-state index is 14.9. The van der Waals surface area contributed by atoms with Crippen molar-refractivity contribution in [1.29, 1.82) is 0 Å². The number of anilines is 1. The van der Waals surface area contributed by atoms with E-state index in [2.05, 4.69) is 4.98 Å². The molecule has 0 fully saturated rings. The van der Waals surface area contributed by atoms with E-state index in [0.717, 1.165) is 16.2 Å². The van der Waals surface area contributed by atoms with Crippen molar-refractivity contribution < 1.29 is 19.1 Å². The average Bonchev–Trinajstić information content (AvgIpc) is 3.17. The minimum absolute atomic E-state index is 0.0539. The lowest BCUT2D eigenvalue weighted by atomic mass is 9.94. The van der Waals surface area contributed by atoms with Crippen molar-refractivity contribution in [2.45, 2.75) is 19.9 Å². The largest absolute Gasteiger partial charge is 0.503 e. The first-order valence-electron chi connectivity index (χ1n) is 9.15. The minimum atomic E-state index is -1.21. The zero-order valence-corrected chi connectivity index (χ0v) is 18.6. The van der Waals surface area contributed by atoms with E-state index < -0.39 is 29.3 Å². The number of thiazole rings is 1. The van der Waals surface area contributed by atoms with Gasteiger partial charge in [0.25, 0.3) is 5.91 Å². The summed E-state index contributed by atoms with van der Waals surface area (Å²) in [6.45, 7) is 3.41. The van der Waals surface area contributed by atoms with Crippen LogP contribution in [0.1, 0.15) is 32.0 Å². The highest BCUT2D eigenvalue weighted by atomic mass is 35.5. The van der Waals surface area contributed by atoms with E-state index in [-0.39, 0.29) is 31.7 Å². The molecule has 1 aliphatic heterocycles. The van der Waals surface area contributed by atoms with Gasteiger partial charge in [0.2, 0.25) is 5.78 Å². The molecular formula is C22H15Cl2FN2O3S. The van der Waals surface area contributed by atoms with E-state index in [4.69, 9.17) is 23.2 Å². The summed E-state index contributed by atoms with van der Waals surface area (Å²) < 4.78 is 14.9. The molecule has 2 heterocycles. The normalized spacial score (nSPS) is 16.4. The molecule has 0 aliphatic carbocycles. The Bertz CT molecular complexity index is 1250. The number of aromatic nitrogens is 1. The van der Waals surface area contributed by atoms with Gasteiger partial charge in [0.05, 0.1) is 27.2 Å². The fourth-order valence-electron chi connectivity index (χ4n) is 3.64. The van der Waals surface area contributed by atoms with Gasteiger partial charge in [-0.25, -0.2) is 9.37 Å². The second kappa shape index (κ2) is 8.07. The van der Waals surface area contributed by atoms with Crippen LogP contribution in [0.2, 0.25) is 10.0 Å². The van der Waals surface area contributed by atoms with E-state index in [0.29, 0.717) is 10.7 Å². The van der Waals surface area contributed by atoms with Gasteiger partial charge in [-0.15, -0.1) is 11.3 Å². The van der Waals surface area contributed by atoms with Crippen molar-refractivity contribution in [2.24, 2.45) is 0 Å². The molecule has 1 aliphatic rings. The number of benzene rings is 2. The summed E-state index contributed by atoms with van der Waals surface area (Å²) in [7, 11) is 0. The number of hydrogen-bond acceptors (Lipinski definition) is 5. The van der Waals surface area contributed by atoms with Gasteiger partial charge in [-0.3, -0.25) is 14.5 Å². The van der Waals surface area contributed by atoms with Crippen molar-refractivity contribution in [1.82, 2.24) is 4.98 Å². The topological polar surface area (TPSA) is 70.5 Å². The molecule has 0 saturated heterocycles. The summed E-state index contributed by atoms with van der Waals surface area (Å²) in [5.41, 5.74) is 0.523. The highest BCUT2D eigenvalue weighted by Gasteiger charge is 2.46. The molecule has 2 aromatic carbocycles. The Balaban J connectivity index is 1.94. The van der Waals surface area contributed by atoms with Gasteiger partial charge >= 0.3 is 0 Å². The predicted octanol–water partition coefficient (Wildman–Crippen LogP) is 5.99. The van der Waals surface area contributed by atoms with Gasteiger partial charge < -0.3 is 5.11 Å². The maximum absolute atomic E-state index is 14.9. The number of carbonyl (C=O) groups is 2. The quantitative estimate of drug-likeness (QED) is 0.469. The highest BCUT2D eigenvalue weighted by Crippen LogP contribution is 2.44. The van der Waals surface area contributed by atoms with E-state index in [9.17, 15) is 19.1 Å². The Labute approximate surface area is 191 Å². The summed E-state index contributed by atoms with van der Waals surface area (Å²) >= 11 is 13.4. The molecule has 31 heavy (non-hydrogen) atoms. The summed E-state index contributed by atoms with van der Waals surface area (Å²) in [6.07, 6.45) is 0. The van der Waals surface area contributed by atoms with Crippen molar-refractivity contribution in [2.75, 3.05) is 4.90 Å². The van der Waals surface area contributed by atoms with Crippen LogP contribution >= 0.6 is 34.5 Å². The Morgan fingerprint density at radius 2 is 1.81 bits per heavy atom. The van der Waals surface area contributed by atoms with Crippen LogP contribution in [0.15, 0.2) is 53.8 Å². The fourth-order valence-corrected chi connectivity index (χ4v) is 5.03. The number of nitrogens with zero attached hydrogens (tertiary/aromatic N) is 2. The van der Waals surface area contributed by atoms with Gasteiger partial charge in [0.15, 0.2) is 5.76 Å². The molecule has 9 heteroatoms. The number of Topliss-reactive ketones (excluding diaryl/α,β-unsaturated/α-hetero) is 1. The van der Waals surface area contributed by atoms with Crippen LogP contribution in [0, 0.1) is 19.7 Å². The molecule has 1 unspecified atom stereocenters. The number of carbonyl (C=O) groups excluding carboxylic acids is 2. The van der Waals surface area contributed by atoms with Crippen LogP contribution in [0.4, 0.5) is 10.1 Å².